The van der Waals surface area contributed by atoms with E-state index >= 15 is 0 Å². The molecule has 0 aliphatic carbocycles. The summed E-state index contributed by atoms with van der Waals surface area (Å²) in [7, 11) is 0. The van der Waals surface area contributed by atoms with Gasteiger partial charge in [-0.2, -0.15) is 0 Å². The molecule has 0 heterocycles. The molecule has 0 saturated heterocycles. The van der Waals surface area contributed by atoms with E-state index in [4.69, 9.17) is 5.73 Å². The number of carbonyl (C=O) groups excluding carboxylic acids is 9. The van der Waals surface area contributed by atoms with Crippen molar-refractivity contribution in [2.45, 2.75) is 164 Å². The van der Waals surface area contributed by atoms with Gasteiger partial charge < -0.3 is 58.5 Å². The highest BCUT2D eigenvalue weighted by molar-refractivity contribution is 6.38. The van der Waals surface area contributed by atoms with E-state index in [9.17, 15) is 58.2 Å². The minimum absolute atomic E-state index is 0.00882. The molecule has 0 rings (SSSR count). The van der Waals surface area contributed by atoms with Crippen molar-refractivity contribution < 1.29 is 58.2 Å². The number of Topliss-reactive ketones (excluding diaryl/α,β-unsaturated/α-hetero) is 1. The minimum atomic E-state index is -1.50. The molecule has 0 aromatic rings. The van der Waals surface area contributed by atoms with Crippen LogP contribution >= 0.6 is 0 Å². The molecule has 0 fully saturated rings. The molecule has 0 bridgehead atoms. The average Bonchev–Trinajstić information content (AvgIpc) is 3.18. The SMILES string of the molecule is CC[C@H](C)[C@H](NC(=O)CNC(=O)C(=O)[C@@H](NC(=O)CNC(=O)[C@H](CC(C)C)NC(=O)[C@H](C)N)[C@@H](C)CC)C(=O)N[C@H](CC(=O)N[C@H](C(=O)N[C@H](C(=O)O)C(C)C)[C@@H](C)O)CC(C)C. The van der Waals surface area contributed by atoms with Gasteiger partial charge in [-0.15, -0.1) is 0 Å². The molecular weight excluding hydrogens is 823 g/mol. The van der Waals surface area contributed by atoms with Crippen LogP contribution in [0, 0.1) is 29.6 Å². The highest BCUT2D eigenvalue weighted by Gasteiger charge is 2.35. The van der Waals surface area contributed by atoms with E-state index in [0.717, 1.165) is 0 Å². The van der Waals surface area contributed by atoms with Crippen LogP contribution in [0.4, 0.5) is 0 Å². The van der Waals surface area contributed by atoms with Crippen LogP contribution in [0.5, 0.6) is 0 Å². The number of nitrogens with one attached hydrogen (secondary N) is 8. The monoisotopic (exact) mass is 898 g/mol. The van der Waals surface area contributed by atoms with E-state index in [0.29, 0.717) is 19.3 Å². The summed E-state index contributed by atoms with van der Waals surface area (Å²) < 4.78 is 0. The van der Waals surface area contributed by atoms with Gasteiger partial charge in [-0.25, -0.2) is 4.79 Å². The van der Waals surface area contributed by atoms with Gasteiger partial charge in [0.15, 0.2) is 0 Å². The summed E-state index contributed by atoms with van der Waals surface area (Å²) >= 11 is 0. The number of hydrogen-bond donors (Lipinski definition) is 11. The van der Waals surface area contributed by atoms with Crippen molar-refractivity contribution in [3.05, 3.63) is 0 Å². The van der Waals surface area contributed by atoms with Crippen LogP contribution in [0.3, 0.4) is 0 Å². The zero-order chi connectivity index (χ0) is 48.9. The Morgan fingerprint density at radius 2 is 1.00 bits per heavy atom. The molecule has 21 nitrogen and oxygen atoms in total. The number of carboxylic acid groups (broad SMARTS) is 1. The average molecular weight is 898 g/mol. The summed E-state index contributed by atoms with van der Waals surface area (Å²) in [5, 5.41) is 39.6. The Morgan fingerprint density at radius 3 is 1.46 bits per heavy atom. The molecule has 63 heavy (non-hydrogen) atoms. The maximum Gasteiger partial charge on any atom is 0.326 e. The van der Waals surface area contributed by atoms with Gasteiger partial charge in [0, 0.05) is 12.5 Å². The molecule has 10 atom stereocenters. The van der Waals surface area contributed by atoms with Crippen LogP contribution in [-0.2, 0) is 47.9 Å². The van der Waals surface area contributed by atoms with Crippen molar-refractivity contribution in [1.29, 1.82) is 0 Å². The van der Waals surface area contributed by atoms with Gasteiger partial charge in [0.2, 0.25) is 47.1 Å². The molecular formula is C42H75N9O12. The maximum atomic E-state index is 13.7. The molecule has 8 amide bonds. The Hall–Kier alpha value is -5.18. The van der Waals surface area contributed by atoms with E-state index in [1.165, 1.54) is 13.8 Å². The number of carboxylic acids is 1. The summed E-state index contributed by atoms with van der Waals surface area (Å²) in [6.45, 7) is 18.8. The highest BCUT2D eigenvalue weighted by atomic mass is 16.4. The van der Waals surface area contributed by atoms with Gasteiger partial charge in [-0.1, -0.05) is 82.1 Å². The fourth-order valence-corrected chi connectivity index (χ4v) is 6.21. The third-order valence-electron chi connectivity index (χ3n) is 10.3. The molecule has 12 N–H and O–H groups in total. The molecule has 0 spiro atoms. The first-order valence-electron chi connectivity index (χ1n) is 21.7. The fraction of sp³-hybridized carbons (Fsp3) is 0.762. The molecule has 0 aliphatic heterocycles. The zero-order valence-corrected chi connectivity index (χ0v) is 39.0. The van der Waals surface area contributed by atoms with Crippen LogP contribution < -0.4 is 48.3 Å². The van der Waals surface area contributed by atoms with Crippen LogP contribution in [0.15, 0.2) is 0 Å². The van der Waals surface area contributed by atoms with Crippen molar-refractivity contribution in [1.82, 2.24) is 42.5 Å². The first-order valence-corrected chi connectivity index (χ1v) is 21.7. The second-order valence-electron chi connectivity index (χ2n) is 17.5. The Morgan fingerprint density at radius 1 is 0.524 bits per heavy atom. The molecule has 0 aliphatic rings. The van der Waals surface area contributed by atoms with Gasteiger partial charge in [0.05, 0.1) is 31.3 Å². The second-order valence-corrected chi connectivity index (χ2v) is 17.5. The topological polar surface area (TPSA) is 333 Å². The van der Waals surface area contributed by atoms with Crippen molar-refractivity contribution in [2.75, 3.05) is 13.1 Å². The number of amides is 8. The number of aliphatic hydroxyl groups excluding tert-OH is 1. The van der Waals surface area contributed by atoms with Crippen LogP contribution in [0.2, 0.25) is 0 Å². The lowest BCUT2D eigenvalue weighted by Gasteiger charge is -2.28. The molecule has 0 unspecified atom stereocenters. The van der Waals surface area contributed by atoms with Crippen LogP contribution in [0.25, 0.3) is 0 Å². The number of aliphatic carboxylic acids is 1. The van der Waals surface area contributed by atoms with Crippen molar-refractivity contribution >= 4 is 59.0 Å². The number of hydrogen-bond acceptors (Lipinski definition) is 12. The standard InChI is InChI=1S/C42H75N9O12/c1-13-23(9)33(49-30(54)18-44-38(58)28(16-21(5)6)47-37(57)25(11)43)36(56)41(61)45-19-31(55)50-34(24(10)14-2)39(59)46-27(15-20(3)4)17-29(53)48-35(26(12)52)40(60)51-32(22(7)8)42(62)63/h20-28,32-35,52H,13-19,43H2,1-12H3,(H,44,58)(H,45,61)(H,46,59)(H,47,57)(H,48,53)(H,49,54)(H,50,55)(H,51,60)(H,62,63)/t23-,24-,25-,26+,27-,28-,32-,33-,34-,35-/m0/s1. The molecule has 360 valence electrons. The fourth-order valence-electron chi connectivity index (χ4n) is 6.21. The first-order chi connectivity index (χ1) is 29.2. The van der Waals surface area contributed by atoms with Crippen molar-refractivity contribution in [2.24, 2.45) is 35.3 Å². The third kappa shape index (κ3) is 21.6. The van der Waals surface area contributed by atoms with E-state index in [2.05, 4.69) is 42.5 Å². The van der Waals surface area contributed by atoms with E-state index in [-0.39, 0.29) is 24.7 Å². The van der Waals surface area contributed by atoms with E-state index in [1.54, 1.807) is 41.5 Å². The summed E-state index contributed by atoms with van der Waals surface area (Å²) in [6.07, 6.45) is -0.384. The number of nitrogens with two attached hydrogens (primary N) is 1. The summed E-state index contributed by atoms with van der Waals surface area (Å²) in [4.78, 5) is 129. The molecule has 0 saturated carbocycles. The van der Waals surface area contributed by atoms with Crippen molar-refractivity contribution in [3.8, 4) is 0 Å². The van der Waals surface area contributed by atoms with Gasteiger partial charge in [0.25, 0.3) is 5.91 Å². The van der Waals surface area contributed by atoms with E-state index in [1.807, 2.05) is 27.7 Å². The molecule has 0 radical (unpaired) electrons. The van der Waals surface area contributed by atoms with Crippen molar-refractivity contribution in [3.63, 3.8) is 0 Å². The lowest BCUT2D eigenvalue weighted by Crippen LogP contribution is -2.58. The number of aliphatic hydroxyl groups is 1. The summed E-state index contributed by atoms with van der Waals surface area (Å²) in [5.74, 6) is -10.1. The Bertz CT molecular complexity index is 1590. The molecule has 0 aromatic carbocycles. The molecule has 21 heteroatoms. The molecule has 0 aromatic heterocycles. The van der Waals surface area contributed by atoms with E-state index < -0.39 is 138 Å². The van der Waals surface area contributed by atoms with Gasteiger partial charge in [0.1, 0.15) is 24.2 Å². The lowest BCUT2D eigenvalue weighted by atomic mass is 9.94. The second kappa shape index (κ2) is 28.5. The minimum Gasteiger partial charge on any atom is -0.480 e. The van der Waals surface area contributed by atoms with Gasteiger partial charge in [-0.05, 0) is 56.3 Å². The zero-order valence-electron chi connectivity index (χ0n) is 39.0. The Labute approximate surface area is 371 Å². The normalized spacial score (nSPS) is 16.1. The maximum absolute atomic E-state index is 13.7. The number of carbonyl (C=O) groups is 10. The van der Waals surface area contributed by atoms with Crippen LogP contribution in [0.1, 0.15) is 115 Å². The predicted molar refractivity (Wildman–Crippen MR) is 233 cm³/mol. The number of rotatable bonds is 29. The van der Waals surface area contributed by atoms with Gasteiger partial charge >= 0.3 is 5.97 Å². The predicted octanol–water partition coefficient (Wildman–Crippen LogP) is -1.26. The third-order valence-corrected chi connectivity index (χ3v) is 10.3. The Balaban J connectivity index is 5.77. The summed E-state index contributed by atoms with van der Waals surface area (Å²) in [5.41, 5.74) is 5.61. The Kier molecular flexibility index (Phi) is 26.2. The quantitative estimate of drug-likeness (QED) is 0.0391. The van der Waals surface area contributed by atoms with Crippen LogP contribution in [-0.4, -0.2) is 131 Å². The smallest absolute Gasteiger partial charge is 0.326 e. The summed E-state index contributed by atoms with van der Waals surface area (Å²) in [6, 6.07) is -7.89. The largest absolute Gasteiger partial charge is 0.480 e. The highest BCUT2D eigenvalue weighted by Crippen LogP contribution is 2.14. The van der Waals surface area contributed by atoms with Gasteiger partial charge in [-0.3, -0.25) is 43.2 Å². The lowest BCUT2D eigenvalue weighted by molar-refractivity contribution is -0.144. The number of ketones is 1. The first kappa shape index (κ1) is 57.8.